The highest BCUT2D eigenvalue weighted by Crippen LogP contribution is 2.24. The molecule has 0 aliphatic heterocycles. The Kier molecular flexibility index (Phi) is 4.51. The molecule has 0 fully saturated rings. The van der Waals surface area contributed by atoms with Gasteiger partial charge in [-0.1, -0.05) is 25.0 Å². The molecule has 1 aromatic heterocycles. The second-order valence-electron chi connectivity index (χ2n) is 4.54. The molecule has 1 aliphatic rings. The Morgan fingerprint density at radius 3 is 2.88 bits per heavy atom. The Balaban J connectivity index is 2.07. The van der Waals surface area contributed by atoms with Crippen LogP contribution in [0.15, 0.2) is 29.2 Å². The quantitative estimate of drug-likeness (QED) is 0.889. The lowest BCUT2D eigenvalue weighted by Gasteiger charge is -2.14. The molecule has 1 unspecified atom stereocenters. The number of rotatable bonds is 3. The average Bonchev–Trinajstić information content (AvgIpc) is 2.80. The molecular formula is C14H19NOS. The molecule has 2 N–H and O–H groups in total. The first kappa shape index (κ1) is 12.5. The zero-order chi connectivity index (χ0) is 12.1. The van der Waals surface area contributed by atoms with Crippen LogP contribution in [0.3, 0.4) is 0 Å². The van der Waals surface area contributed by atoms with Crippen molar-refractivity contribution in [3.8, 4) is 0 Å². The maximum Gasteiger partial charge on any atom is 0.180 e. The first-order valence-corrected chi connectivity index (χ1v) is 7.19. The monoisotopic (exact) mass is 249 g/mol. The molecule has 0 amide bonds. The first-order valence-electron chi connectivity index (χ1n) is 6.31. The van der Waals surface area contributed by atoms with Gasteiger partial charge in [-0.2, -0.15) is 0 Å². The summed E-state index contributed by atoms with van der Waals surface area (Å²) in [6, 6.07) is 3.43. The van der Waals surface area contributed by atoms with E-state index in [-0.39, 0.29) is 5.78 Å². The molecule has 2 rings (SSSR count). The Morgan fingerprint density at radius 1 is 1.29 bits per heavy atom. The van der Waals surface area contributed by atoms with Crippen LogP contribution < -0.4 is 5.73 Å². The molecule has 0 bridgehead atoms. The Hall–Kier alpha value is -0.930. The van der Waals surface area contributed by atoms with Crippen molar-refractivity contribution in [2.45, 2.75) is 44.6 Å². The minimum absolute atomic E-state index is 0.120. The molecule has 1 heterocycles. The molecule has 0 radical (unpaired) electrons. The van der Waals surface area contributed by atoms with Crippen molar-refractivity contribution < 1.29 is 4.79 Å². The third kappa shape index (κ3) is 3.27. The normalized spacial score (nSPS) is 22.1. The molecule has 92 valence electrons. The molecule has 0 aromatic carbocycles. The molecule has 0 saturated carbocycles. The van der Waals surface area contributed by atoms with Crippen LogP contribution in [0.25, 0.3) is 0 Å². The van der Waals surface area contributed by atoms with Crippen molar-refractivity contribution in [1.82, 2.24) is 0 Å². The van der Waals surface area contributed by atoms with Gasteiger partial charge in [-0.25, -0.2) is 0 Å². The van der Waals surface area contributed by atoms with Crippen LogP contribution in [0.5, 0.6) is 0 Å². The van der Waals surface area contributed by atoms with Crippen LogP contribution in [0, 0.1) is 0 Å². The minimum atomic E-state index is -0.458. The van der Waals surface area contributed by atoms with E-state index >= 15 is 0 Å². The number of hydrogen-bond donors (Lipinski definition) is 1. The number of carbonyl (C=O) groups is 1. The third-order valence-electron chi connectivity index (χ3n) is 3.24. The van der Waals surface area contributed by atoms with E-state index in [2.05, 4.69) is 6.08 Å². The van der Waals surface area contributed by atoms with Crippen LogP contribution in [-0.4, -0.2) is 5.78 Å². The molecule has 0 saturated heterocycles. The summed E-state index contributed by atoms with van der Waals surface area (Å²) in [5.41, 5.74) is 6.97. The minimum Gasteiger partial charge on any atom is -0.317 e. The summed E-state index contributed by atoms with van der Waals surface area (Å²) in [6.45, 7) is 0. The van der Waals surface area contributed by atoms with E-state index in [1.54, 1.807) is 11.3 Å². The van der Waals surface area contributed by atoms with Crippen LogP contribution in [-0.2, 0) is 4.79 Å². The van der Waals surface area contributed by atoms with E-state index in [0.29, 0.717) is 0 Å². The van der Waals surface area contributed by atoms with Gasteiger partial charge in [-0.15, -0.1) is 11.3 Å². The number of nitrogens with two attached hydrogens (primary N) is 1. The lowest BCUT2D eigenvalue weighted by atomic mass is 9.94. The maximum absolute atomic E-state index is 12.3. The molecule has 3 heteroatoms. The molecule has 2 nitrogen and oxygen atoms in total. The maximum atomic E-state index is 12.3. The van der Waals surface area contributed by atoms with Gasteiger partial charge in [0.05, 0.1) is 0 Å². The molecule has 17 heavy (non-hydrogen) atoms. The molecular weight excluding hydrogens is 230 g/mol. The second-order valence-corrected chi connectivity index (χ2v) is 5.52. The lowest BCUT2D eigenvalue weighted by Crippen LogP contribution is -2.22. The predicted octanol–water partition coefficient (Wildman–Crippen LogP) is 3.60. The lowest BCUT2D eigenvalue weighted by molar-refractivity contribution is -0.117. The second kappa shape index (κ2) is 6.12. The van der Waals surface area contributed by atoms with Gasteiger partial charge in [0, 0.05) is 4.88 Å². The smallest absolute Gasteiger partial charge is 0.180 e. The zero-order valence-electron chi connectivity index (χ0n) is 10.0. The number of thiophene rings is 1. The average molecular weight is 249 g/mol. The Labute approximate surface area is 107 Å². The highest BCUT2D eigenvalue weighted by molar-refractivity contribution is 7.10. The van der Waals surface area contributed by atoms with Crippen molar-refractivity contribution >= 4 is 17.1 Å². The van der Waals surface area contributed by atoms with Gasteiger partial charge >= 0.3 is 0 Å². The number of allylic oxidation sites excluding steroid dienone is 1. The molecule has 1 aromatic rings. The fourth-order valence-electron chi connectivity index (χ4n) is 2.21. The fraction of sp³-hybridized carbons (Fsp3) is 0.500. The van der Waals surface area contributed by atoms with Gasteiger partial charge in [0.2, 0.25) is 0 Å². The Bertz CT molecular complexity index is 394. The van der Waals surface area contributed by atoms with Crippen LogP contribution in [0.2, 0.25) is 0 Å². The van der Waals surface area contributed by atoms with Gasteiger partial charge in [-0.05, 0) is 42.7 Å². The predicted molar refractivity (Wildman–Crippen MR) is 72.0 cm³/mol. The van der Waals surface area contributed by atoms with Crippen LogP contribution in [0.1, 0.15) is 49.4 Å². The van der Waals surface area contributed by atoms with E-state index in [9.17, 15) is 4.79 Å². The summed E-state index contributed by atoms with van der Waals surface area (Å²) in [5.74, 6) is 0.120. The highest BCUT2D eigenvalue weighted by Gasteiger charge is 2.20. The standard InChI is InChI=1S/C14H19NOS/c15-13(12-9-6-10-17-12)14(16)11-7-4-2-1-3-5-8-11/h6-7,9-10,13H,1-5,8,15H2/b11-7+. The van der Waals surface area contributed by atoms with Gasteiger partial charge in [-0.3, -0.25) is 4.79 Å². The summed E-state index contributed by atoms with van der Waals surface area (Å²) in [6.07, 6.45) is 8.87. The van der Waals surface area contributed by atoms with Gasteiger partial charge < -0.3 is 5.73 Å². The van der Waals surface area contributed by atoms with E-state index in [1.165, 1.54) is 19.3 Å². The van der Waals surface area contributed by atoms with Crippen molar-refractivity contribution in [2.75, 3.05) is 0 Å². The molecule has 1 atom stereocenters. The Morgan fingerprint density at radius 2 is 2.12 bits per heavy atom. The van der Waals surface area contributed by atoms with E-state index in [1.807, 2.05) is 17.5 Å². The number of carbonyl (C=O) groups excluding carboxylic acids is 1. The van der Waals surface area contributed by atoms with Gasteiger partial charge in [0.25, 0.3) is 0 Å². The SMILES string of the molecule is NC(C(=O)/C1=C/CCCCCC1)c1cccs1. The summed E-state index contributed by atoms with van der Waals surface area (Å²) >= 11 is 1.56. The van der Waals surface area contributed by atoms with E-state index in [4.69, 9.17) is 5.73 Å². The van der Waals surface area contributed by atoms with Crippen molar-refractivity contribution in [2.24, 2.45) is 5.73 Å². The number of Topliss-reactive ketones (excluding diaryl/α,β-unsaturated/α-hetero) is 1. The van der Waals surface area contributed by atoms with Gasteiger partial charge in [0.15, 0.2) is 5.78 Å². The van der Waals surface area contributed by atoms with Crippen LogP contribution >= 0.6 is 11.3 Å². The topological polar surface area (TPSA) is 43.1 Å². The molecule has 0 spiro atoms. The third-order valence-corrected chi connectivity index (χ3v) is 4.20. The highest BCUT2D eigenvalue weighted by atomic mass is 32.1. The number of hydrogen-bond acceptors (Lipinski definition) is 3. The summed E-state index contributed by atoms with van der Waals surface area (Å²) in [5, 5.41) is 1.97. The number of ketones is 1. The van der Waals surface area contributed by atoms with E-state index in [0.717, 1.165) is 29.7 Å². The van der Waals surface area contributed by atoms with Gasteiger partial charge in [0.1, 0.15) is 6.04 Å². The molecule has 1 aliphatic carbocycles. The van der Waals surface area contributed by atoms with Crippen LogP contribution in [0.4, 0.5) is 0 Å². The largest absolute Gasteiger partial charge is 0.317 e. The van der Waals surface area contributed by atoms with Crippen molar-refractivity contribution in [1.29, 1.82) is 0 Å². The zero-order valence-corrected chi connectivity index (χ0v) is 10.8. The fourth-order valence-corrected chi connectivity index (χ4v) is 2.94. The summed E-state index contributed by atoms with van der Waals surface area (Å²) in [4.78, 5) is 13.2. The summed E-state index contributed by atoms with van der Waals surface area (Å²) in [7, 11) is 0. The van der Waals surface area contributed by atoms with Crippen molar-refractivity contribution in [3.63, 3.8) is 0 Å². The van der Waals surface area contributed by atoms with E-state index < -0.39 is 6.04 Å². The summed E-state index contributed by atoms with van der Waals surface area (Å²) < 4.78 is 0. The first-order chi connectivity index (χ1) is 8.29. The van der Waals surface area contributed by atoms with Crippen molar-refractivity contribution in [3.05, 3.63) is 34.0 Å².